The fraction of sp³-hybridized carbons (Fsp3) is 0.920. The summed E-state index contributed by atoms with van der Waals surface area (Å²) >= 11 is 0. The van der Waals surface area contributed by atoms with Crippen LogP contribution in [0.15, 0.2) is 0 Å². The summed E-state index contributed by atoms with van der Waals surface area (Å²) < 4.78 is 4.79. The van der Waals surface area contributed by atoms with Gasteiger partial charge in [-0.1, -0.05) is 20.3 Å². The van der Waals surface area contributed by atoms with E-state index in [0.717, 1.165) is 49.4 Å². The first-order valence-corrected chi connectivity index (χ1v) is 12.1. The molecular weight excluding hydrogens is 362 g/mol. The summed E-state index contributed by atoms with van der Waals surface area (Å²) in [6, 6.07) is 0.463. The van der Waals surface area contributed by atoms with Crippen LogP contribution in [-0.4, -0.2) is 37.0 Å². The highest BCUT2D eigenvalue weighted by atomic mass is 16.5. The van der Waals surface area contributed by atoms with Crippen molar-refractivity contribution < 1.29 is 14.3 Å². The third kappa shape index (κ3) is 3.43. The van der Waals surface area contributed by atoms with Gasteiger partial charge in [0.1, 0.15) is 0 Å². The van der Waals surface area contributed by atoms with Crippen LogP contribution >= 0.6 is 0 Å². The van der Waals surface area contributed by atoms with Crippen LogP contribution in [0.4, 0.5) is 0 Å². The van der Waals surface area contributed by atoms with E-state index in [-0.39, 0.29) is 5.97 Å². The van der Waals surface area contributed by atoms with E-state index in [0.29, 0.717) is 29.2 Å². The van der Waals surface area contributed by atoms with E-state index in [1.807, 2.05) is 0 Å². The Hall–Kier alpha value is -1.06. The molecule has 3 saturated carbocycles. The van der Waals surface area contributed by atoms with Crippen molar-refractivity contribution in [3.05, 3.63) is 0 Å². The van der Waals surface area contributed by atoms with Gasteiger partial charge in [0, 0.05) is 25.9 Å². The van der Waals surface area contributed by atoms with Crippen LogP contribution in [0.25, 0.3) is 0 Å². The standard InChI is InChI=1S/C25H41NO3/c1-24-15-13-20-18(10-12-21-25(20,2)16-14-22(27)26(21)3)19(24)11-9-17(24)7-5-6-8-23(28)29-4/h17-21H,5-16H2,1-4H3/t17-,18-,19-,20-,21+,24+,25+/m0/s1. The molecule has 4 nitrogen and oxygen atoms in total. The second kappa shape index (κ2) is 7.89. The van der Waals surface area contributed by atoms with Gasteiger partial charge in [-0.25, -0.2) is 0 Å². The number of nitrogens with zero attached hydrogens (tertiary/aromatic N) is 1. The summed E-state index contributed by atoms with van der Waals surface area (Å²) in [5, 5.41) is 0. The summed E-state index contributed by atoms with van der Waals surface area (Å²) in [5.74, 6) is 3.64. The minimum atomic E-state index is -0.0676. The van der Waals surface area contributed by atoms with Gasteiger partial charge in [0.2, 0.25) is 5.91 Å². The first-order chi connectivity index (χ1) is 13.8. The topological polar surface area (TPSA) is 46.6 Å². The second-order valence-corrected chi connectivity index (χ2v) is 11.1. The maximum Gasteiger partial charge on any atom is 0.305 e. The van der Waals surface area contributed by atoms with Crippen LogP contribution in [-0.2, 0) is 14.3 Å². The Morgan fingerprint density at radius 1 is 1.03 bits per heavy atom. The fourth-order valence-electron chi connectivity index (χ4n) is 8.50. The number of carbonyl (C=O) groups is 2. The number of unbranched alkanes of at least 4 members (excludes halogenated alkanes) is 1. The summed E-state index contributed by atoms with van der Waals surface area (Å²) in [5.41, 5.74) is 0.817. The molecule has 0 radical (unpaired) electrons. The molecule has 4 heteroatoms. The molecule has 1 heterocycles. The molecule has 3 aliphatic carbocycles. The molecule has 0 spiro atoms. The van der Waals surface area contributed by atoms with E-state index in [1.54, 1.807) is 0 Å². The Morgan fingerprint density at radius 2 is 1.79 bits per heavy atom. The number of amides is 1. The van der Waals surface area contributed by atoms with Gasteiger partial charge in [-0.2, -0.15) is 0 Å². The number of rotatable bonds is 5. The highest BCUT2D eigenvalue weighted by Gasteiger charge is 2.60. The number of ether oxygens (including phenoxy) is 1. The molecule has 0 N–H and O–H groups in total. The van der Waals surface area contributed by atoms with E-state index in [9.17, 15) is 9.59 Å². The van der Waals surface area contributed by atoms with Crippen molar-refractivity contribution in [1.29, 1.82) is 0 Å². The minimum absolute atomic E-state index is 0.0676. The van der Waals surface area contributed by atoms with Crippen molar-refractivity contribution in [2.45, 2.75) is 96.9 Å². The van der Waals surface area contributed by atoms with Crippen LogP contribution in [0.3, 0.4) is 0 Å². The Balaban J connectivity index is 1.42. The number of hydrogen-bond donors (Lipinski definition) is 0. The molecule has 7 atom stereocenters. The normalized spacial score (nSPS) is 44.1. The predicted molar refractivity (Wildman–Crippen MR) is 114 cm³/mol. The molecule has 1 amide bonds. The number of likely N-dealkylation sites (tertiary alicyclic amines) is 1. The van der Waals surface area contributed by atoms with Crippen LogP contribution < -0.4 is 0 Å². The summed E-state index contributed by atoms with van der Waals surface area (Å²) in [4.78, 5) is 25.8. The number of piperidine rings is 1. The Kier molecular flexibility index (Phi) is 5.76. The maximum absolute atomic E-state index is 12.3. The summed E-state index contributed by atoms with van der Waals surface area (Å²) in [6.45, 7) is 5.11. The first kappa shape index (κ1) is 21.2. The van der Waals surface area contributed by atoms with E-state index >= 15 is 0 Å². The molecule has 1 aliphatic heterocycles. The maximum atomic E-state index is 12.3. The molecule has 1 saturated heterocycles. The number of hydrogen-bond acceptors (Lipinski definition) is 3. The molecule has 29 heavy (non-hydrogen) atoms. The van der Waals surface area contributed by atoms with E-state index < -0.39 is 0 Å². The largest absolute Gasteiger partial charge is 0.469 e. The molecule has 0 bridgehead atoms. The Bertz CT molecular complexity index is 648. The van der Waals surface area contributed by atoms with Crippen molar-refractivity contribution in [3.8, 4) is 0 Å². The van der Waals surface area contributed by atoms with Gasteiger partial charge in [-0.3, -0.25) is 9.59 Å². The second-order valence-electron chi connectivity index (χ2n) is 11.1. The lowest BCUT2D eigenvalue weighted by molar-refractivity contribution is -0.158. The van der Waals surface area contributed by atoms with Crippen LogP contribution in [0.2, 0.25) is 0 Å². The molecule has 0 aromatic carbocycles. The highest BCUT2D eigenvalue weighted by Crippen LogP contribution is 2.66. The van der Waals surface area contributed by atoms with Crippen molar-refractivity contribution >= 4 is 11.9 Å². The van der Waals surface area contributed by atoms with Gasteiger partial charge in [0.05, 0.1) is 7.11 Å². The van der Waals surface area contributed by atoms with Gasteiger partial charge >= 0.3 is 5.97 Å². The van der Waals surface area contributed by atoms with E-state index in [4.69, 9.17) is 4.74 Å². The van der Waals surface area contributed by atoms with Gasteiger partial charge in [-0.15, -0.1) is 0 Å². The van der Waals surface area contributed by atoms with Crippen molar-refractivity contribution in [1.82, 2.24) is 4.90 Å². The molecule has 4 aliphatic rings. The lowest BCUT2D eigenvalue weighted by Gasteiger charge is -2.62. The molecule has 4 rings (SSSR count). The smallest absolute Gasteiger partial charge is 0.305 e. The minimum Gasteiger partial charge on any atom is -0.469 e. The monoisotopic (exact) mass is 403 g/mol. The van der Waals surface area contributed by atoms with Crippen LogP contribution in [0.1, 0.15) is 90.9 Å². The van der Waals surface area contributed by atoms with Crippen molar-refractivity contribution in [2.75, 3.05) is 14.2 Å². The predicted octanol–water partition coefficient (Wildman–Crippen LogP) is 5.20. The fourth-order valence-corrected chi connectivity index (χ4v) is 8.50. The van der Waals surface area contributed by atoms with Crippen LogP contribution in [0, 0.1) is 34.5 Å². The molecule has 4 fully saturated rings. The highest BCUT2D eigenvalue weighted by molar-refractivity contribution is 5.77. The third-order valence-corrected chi connectivity index (χ3v) is 10.2. The number of fused-ring (bicyclic) bond motifs is 5. The van der Waals surface area contributed by atoms with Gasteiger partial charge in [0.15, 0.2) is 0 Å². The molecule has 0 aromatic rings. The van der Waals surface area contributed by atoms with Gasteiger partial charge in [-0.05, 0) is 92.3 Å². The third-order valence-electron chi connectivity index (χ3n) is 10.2. The average Bonchev–Trinajstić information content (AvgIpc) is 3.04. The molecule has 0 aromatic heterocycles. The van der Waals surface area contributed by atoms with Gasteiger partial charge < -0.3 is 9.64 Å². The zero-order valence-electron chi connectivity index (χ0n) is 19.0. The summed E-state index contributed by atoms with van der Waals surface area (Å²) in [6.07, 6.45) is 13.8. The van der Waals surface area contributed by atoms with Crippen molar-refractivity contribution in [3.63, 3.8) is 0 Å². The quantitative estimate of drug-likeness (QED) is 0.468. The number of methoxy groups -OCH3 is 1. The lowest BCUT2D eigenvalue weighted by Crippen LogP contribution is -2.61. The average molecular weight is 404 g/mol. The summed E-state index contributed by atoms with van der Waals surface area (Å²) in [7, 11) is 3.54. The Labute approximate surface area is 177 Å². The molecule has 0 unspecified atom stereocenters. The zero-order chi connectivity index (χ0) is 20.8. The lowest BCUT2D eigenvalue weighted by atomic mass is 9.46. The SMILES string of the molecule is COC(=O)CCCC[C@H]1CC[C@H]2[C@@H]3CC[C@H]4N(C)C(=O)CC[C@]4(C)[C@H]3CC[C@]12C. The first-order valence-electron chi connectivity index (χ1n) is 12.1. The number of carbonyl (C=O) groups excluding carboxylic acids is 2. The van der Waals surface area contributed by atoms with E-state index in [2.05, 4.69) is 25.8 Å². The molecule has 164 valence electrons. The van der Waals surface area contributed by atoms with Crippen LogP contribution in [0.5, 0.6) is 0 Å². The number of esters is 1. The van der Waals surface area contributed by atoms with Gasteiger partial charge in [0.25, 0.3) is 0 Å². The van der Waals surface area contributed by atoms with E-state index in [1.165, 1.54) is 52.1 Å². The Morgan fingerprint density at radius 3 is 2.55 bits per heavy atom. The zero-order valence-corrected chi connectivity index (χ0v) is 19.0. The molecular formula is C25H41NO3. The van der Waals surface area contributed by atoms with Crippen molar-refractivity contribution in [2.24, 2.45) is 34.5 Å².